The zero-order valence-corrected chi connectivity index (χ0v) is 14.8. The molecule has 2 heteroatoms. The Morgan fingerprint density at radius 2 is 1.09 bits per heavy atom. The molecule has 0 fully saturated rings. The van der Waals surface area contributed by atoms with Gasteiger partial charge in [-0.2, -0.15) is 0 Å². The summed E-state index contributed by atoms with van der Waals surface area (Å²) in [6.45, 7) is 2.25. The maximum Gasteiger partial charge on any atom is 0.303 e. The van der Waals surface area contributed by atoms with Gasteiger partial charge < -0.3 is 5.11 Å². The smallest absolute Gasteiger partial charge is 0.303 e. The Morgan fingerprint density at radius 1 is 0.682 bits per heavy atom. The molecule has 0 atom stereocenters. The Labute approximate surface area is 138 Å². The SMILES string of the molecule is CCCCCC=CCCCCCCCCCCCCC(=O)O. The van der Waals surface area contributed by atoms with Crippen LogP contribution >= 0.6 is 0 Å². The van der Waals surface area contributed by atoms with Crippen LogP contribution in [0.25, 0.3) is 0 Å². The van der Waals surface area contributed by atoms with E-state index in [-0.39, 0.29) is 0 Å². The normalized spacial score (nSPS) is 11.3. The summed E-state index contributed by atoms with van der Waals surface area (Å²) in [7, 11) is 0. The largest absolute Gasteiger partial charge is 0.481 e. The molecule has 0 aliphatic carbocycles. The van der Waals surface area contributed by atoms with Gasteiger partial charge in [0.05, 0.1) is 0 Å². The second-order valence-electron chi connectivity index (χ2n) is 6.44. The van der Waals surface area contributed by atoms with Crippen molar-refractivity contribution in [3.8, 4) is 0 Å². The summed E-state index contributed by atoms with van der Waals surface area (Å²) in [6.07, 6.45) is 24.2. The number of unbranched alkanes of at least 4 members (excludes halogenated alkanes) is 13. The lowest BCUT2D eigenvalue weighted by molar-refractivity contribution is -0.137. The number of carbonyl (C=O) groups is 1. The maximum absolute atomic E-state index is 10.4. The van der Waals surface area contributed by atoms with Crippen molar-refractivity contribution in [3.63, 3.8) is 0 Å². The van der Waals surface area contributed by atoms with Gasteiger partial charge in [0.1, 0.15) is 0 Å². The van der Waals surface area contributed by atoms with Crippen molar-refractivity contribution in [1.29, 1.82) is 0 Å². The summed E-state index contributed by atoms with van der Waals surface area (Å²) in [6, 6.07) is 0. The summed E-state index contributed by atoms with van der Waals surface area (Å²) in [4.78, 5) is 10.4. The maximum atomic E-state index is 10.4. The van der Waals surface area contributed by atoms with Crippen LogP contribution in [0.4, 0.5) is 0 Å². The topological polar surface area (TPSA) is 37.3 Å². The number of rotatable bonds is 17. The van der Waals surface area contributed by atoms with Crippen molar-refractivity contribution in [1.82, 2.24) is 0 Å². The molecule has 130 valence electrons. The molecular weight excluding hydrogens is 272 g/mol. The number of aliphatic carboxylic acids is 1. The lowest BCUT2D eigenvalue weighted by Crippen LogP contribution is -1.93. The molecule has 0 aromatic rings. The molecule has 0 aromatic heterocycles. The summed E-state index contributed by atoms with van der Waals surface area (Å²) in [5.41, 5.74) is 0. The number of carboxylic acid groups (broad SMARTS) is 1. The first-order valence-corrected chi connectivity index (χ1v) is 9.64. The van der Waals surface area contributed by atoms with Gasteiger partial charge in [-0.1, -0.05) is 83.3 Å². The Bertz CT molecular complexity index is 258. The third-order valence-electron chi connectivity index (χ3n) is 4.15. The molecule has 0 unspecified atom stereocenters. The Balaban J connectivity index is 3.04. The molecule has 0 bridgehead atoms. The zero-order valence-electron chi connectivity index (χ0n) is 14.8. The van der Waals surface area contributed by atoms with E-state index >= 15 is 0 Å². The van der Waals surface area contributed by atoms with Gasteiger partial charge in [0.25, 0.3) is 0 Å². The fraction of sp³-hybridized carbons (Fsp3) is 0.850. The van der Waals surface area contributed by atoms with Crippen LogP contribution in [0.1, 0.15) is 110 Å². The number of allylic oxidation sites excluding steroid dienone is 2. The van der Waals surface area contributed by atoms with Crippen molar-refractivity contribution in [2.75, 3.05) is 0 Å². The average Bonchev–Trinajstić information content (AvgIpc) is 2.50. The van der Waals surface area contributed by atoms with E-state index in [2.05, 4.69) is 19.1 Å². The van der Waals surface area contributed by atoms with E-state index in [0.717, 1.165) is 12.8 Å². The second kappa shape index (κ2) is 18.3. The minimum atomic E-state index is -0.657. The third-order valence-corrected chi connectivity index (χ3v) is 4.15. The lowest BCUT2D eigenvalue weighted by atomic mass is 10.0. The van der Waals surface area contributed by atoms with Crippen LogP contribution in [-0.4, -0.2) is 11.1 Å². The molecule has 0 heterocycles. The van der Waals surface area contributed by atoms with Gasteiger partial charge in [-0.25, -0.2) is 0 Å². The van der Waals surface area contributed by atoms with Crippen LogP contribution in [0.2, 0.25) is 0 Å². The molecule has 22 heavy (non-hydrogen) atoms. The predicted molar refractivity (Wildman–Crippen MR) is 96.3 cm³/mol. The summed E-state index contributed by atoms with van der Waals surface area (Å²) in [5, 5.41) is 8.53. The minimum absolute atomic E-state index is 0.340. The van der Waals surface area contributed by atoms with Gasteiger partial charge >= 0.3 is 5.97 Å². The Morgan fingerprint density at radius 3 is 1.55 bits per heavy atom. The van der Waals surface area contributed by atoms with Crippen molar-refractivity contribution in [2.45, 2.75) is 110 Å². The van der Waals surface area contributed by atoms with Gasteiger partial charge in [-0.15, -0.1) is 0 Å². The molecule has 0 aromatic carbocycles. The van der Waals surface area contributed by atoms with E-state index in [9.17, 15) is 4.79 Å². The highest BCUT2D eigenvalue weighted by atomic mass is 16.4. The molecular formula is C20H38O2. The van der Waals surface area contributed by atoms with Crippen LogP contribution in [0.5, 0.6) is 0 Å². The monoisotopic (exact) mass is 310 g/mol. The highest BCUT2D eigenvalue weighted by Gasteiger charge is 1.96. The molecule has 0 amide bonds. The molecule has 0 rings (SSSR count). The minimum Gasteiger partial charge on any atom is -0.481 e. The molecule has 0 saturated heterocycles. The molecule has 0 saturated carbocycles. The quantitative estimate of drug-likeness (QED) is 0.234. The summed E-state index contributed by atoms with van der Waals surface area (Å²) >= 11 is 0. The molecule has 2 nitrogen and oxygen atoms in total. The van der Waals surface area contributed by atoms with E-state index < -0.39 is 5.97 Å². The van der Waals surface area contributed by atoms with Gasteiger partial charge in [-0.3, -0.25) is 4.79 Å². The van der Waals surface area contributed by atoms with Crippen molar-refractivity contribution >= 4 is 5.97 Å². The Hall–Kier alpha value is -0.790. The fourth-order valence-electron chi connectivity index (χ4n) is 2.70. The van der Waals surface area contributed by atoms with E-state index in [4.69, 9.17) is 5.11 Å². The predicted octanol–water partition coefficient (Wildman–Crippen LogP) is 6.89. The van der Waals surface area contributed by atoms with Gasteiger partial charge in [-0.05, 0) is 32.1 Å². The van der Waals surface area contributed by atoms with Crippen LogP contribution < -0.4 is 0 Å². The van der Waals surface area contributed by atoms with Crippen molar-refractivity contribution in [2.24, 2.45) is 0 Å². The molecule has 0 spiro atoms. The highest BCUT2D eigenvalue weighted by molar-refractivity contribution is 5.66. The van der Waals surface area contributed by atoms with Crippen molar-refractivity contribution < 1.29 is 9.90 Å². The molecule has 0 aliphatic heterocycles. The molecule has 0 radical (unpaired) electrons. The number of hydrogen-bond donors (Lipinski definition) is 1. The average molecular weight is 311 g/mol. The molecule has 0 aliphatic rings. The van der Waals surface area contributed by atoms with Gasteiger partial charge in [0, 0.05) is 6.42 Å². The Kier molecular flexibility index (Phi) is 17.6. The lowest BCUT2D eigenvalue weighted by Gasteiger charge is -2.02. The van der Waals surface area contributed by atoms with E-state index in [1.165, 1.54) is 83.5 Å². The van der Waals surface area contributed by atoms with Crippen molar-refractivity contribution in [3.05, 3.63) is 12.2 Å². The van der Waals surface area contributed by atoms with Gasteiger partial charge in [0.2, 0.25) is 0 Å². The van der Waals surface area contributed by atoms with Crippen LogP contribution in [0.15, 0.2) is 12.2 Å². The van der Waals surface area contributed by atoms with Crippen LogP contribution in [0, 0.1) is 0 Å². The number of carboxylic acids is 1. The first-order valence-electron chi connectivity index (χ1n) is 9.64. The van der Waals surface area contributed by atoms with E-state index in [1.807, 2.05) is 0 Å². The molecule has 1 N–H and O–H groups in total. The standard InChI is InChI=1S/C20H38O2/c1-2-3-4-5-6-7-8-9-10-11-12-13-14-15-16-17-18-19-20(21)22/h6-7H,2-5,8-19H2,1H3,(H,21,22). The second-order valence-corrected chi connectivity index (χ2v) is 6.44. The van der Waals surface area contributed by atoms with Gasteiger partial charge in [0.15, 0.2) is 0 Å². The van der Waals surface area contributed by atoms with Crippen LogP contribution in [0.3, 0.4) is 0 Å². The van der Waals surface area contributed by atoms with E-state index in [1.54, 1.807) is 0 Å². The third kappa shape index (κ3) is 19.2. The zero-order chi connectivity index (χ0) is 16.3. The first kappa shape index (κ1) is 21.2. The summed E-state index contributed by atoms with van der Waals surface area (Å²) in [5.74, 6) is -0.657. The van der Waals surface area contributed by atoms with Crippen LogP contribution in [-0.2, 0) is 4.79 Å². The summed E-state index contributed by atoms with van der Waals surface area (Å²) < 4.78 is 0. The first-order chi connectivity index (χ1) is 10.8. The van der Waals surface area contributed by atoms with E-state index in [0.29, 0.717) is 6.42 Å². The number of hydrogen-bond acceptors (Lipinski definition) is 1. The highest BCUT2D eigenvalue weighted by Crippen LogP contribution is 2.12. The fourth-order valence-corrected chi connectivity index (χ4v) is 2.70.